The van der Waals surface area contributed by atoms with Gasteiger partial charge in [0.25, 0.3) is 0 Å². The number of nitrogens with one attached hydrogen (secondary N) is 3. The van der Waals surface area contributed by atoms with E-state index in [1.807, 2.05) is 28.8 Å². The molecule has 0 unspecified atom stereocenters. The van der Waals surface area contributed by atoms with Crippen LogP contribution in [0.1, 0.15) is 12.0 Å². The maximum Gasteiger partial charge on any atom is 0.405 e. The van der Waals surface area contributed by atoms with Crippen LogP contribution in [-0.2, 0) is 11.4 Å². The number of carbonyl (C=O) groups excluding carboxylic acids is 1. The number of pyridine rings is 1. The van der Waals surface area contributed by atoms with E-state index in [0.717, 1.165) is 61.6 Å². The van der Waals surface area contributed by atoms with Crippen molar-refractivity contribution in [2.75, 3.05) is 58.2 Å². The fraction of sp³-hybridized carbons (Fsp3) is 0.440. The van der Waals surface area contributed by atoms with Crippen molar-refractivity contribution in [1.82, 2.24) is 30.0 Å². The first-order valence-corrected chi connectivity index (χ1v) is 12.2. The number of fused-ring (bicyclic) bond motifs is 1. The number of piperazine rings is 1. The minimum atomic E-state index is -4.47. The lowest BCUT2D eigenvalue weighted by molar-refractivity contribution is -0.122. The highest BCUT2D eigenvalue weighted by atomic mass is 19.4. The van der Waals surface area contributed by atoms with Crippen molar-refractivity contribution in [1.29, 1.82) is 0 Å². The molecule has 1 aliphatic heterocycles. The average molecular weight is 520 g/mol. The second-order valence-electron chi connectivity index (χ2n) is 9.08. The van der Waals surface area contributed by atoms with E-state index >= 15 is 0 Å². The Hall–Kier alpha value is -3.19. The number of imidazole rings is 1. The lowest BCUT2D eigenvalue weighted by atomic mass is 10.1. The molecule has 0 saturated carbocycles. The lowest BCUT2D eigenvalue weighted by Crippen LogP contribution is -2.44. The Morgan fingerprint density at radius 3 is 2.73 bits per heavy atom. The molecule has 0 atom stereocenters. The molecular weight excluding hydrogens is 487 g/mol. The Kier molecular flexibility index (Phi) is 8.98. The number of rotatable bonds is 10. The van der Waals surface area contributed by atoms with Crippen LogP contribution in [0.4, 0.5) is 23.7 Å². The highest BCUT2D eigenvalue weighted by molar-refractivity contribution is 5.90. The number of likely N-dealkylation sites (N-methyl/N-ethyl adjacent to an activating group) is 1. The van der Waals surface area contributed by atoms with Gasteiger partial charge in [0.1, 0.15) is 12.2 Å². The third-order valence-corrected chi connectivity index (χ3v) is 6.14. The number of carbonyl (C=O) groups is 1. The van der Waals surface area contributed by atoms with Crippen LogP contribution in [0, 0.1) is 0 Å². The number of amides is 2. The maximum absolute atomic E-state index is 12.3. The number of anilines is 1. The van der Waals surface area contributed by atoms with Gasteiger partial charge in [0.2, 0.25) is 0 Å². The molecule has 37 heavy (non-hydrogen) atoms. The van der Waals surface area contributed by atoms with Crippen molar-refractivity contribution in [3.05, 3.63) is 54.4 Å². The molecule has 4 rings (SSSR count). The minimum absolute atomic E-state index is 0.373. The Bertz CT molecular complexity index is 1180. The number of halogens is 3. The van der Waals surface area contributed by atoms with E-state index in [-0.39, 0.29) is 0 Å². The minimum Gasteiger partial charge on any atom is -0.329 e. The van der Waals surface area contributed by atoms with Crippen LogP contribution in [0.5, 0.6) is 0 Å². The topological polar surface area (TPSA) is 86.2 Å². The van der Waals surface area contributed by atoms with E-state index in [0.29, 0.717) is 18.8 Å². The van der Waals surface area contributed by atoms with Gasteiger partial charge in [0, 0.05) is 56.7 Å². The predicted molar refractivity (Wildman–Crippen MR) is 135 cm³/mol. The zero-order valence-corrected chi connectivity index (χ0v) is 20.7. The lowest BCUT2D eigenvalue weighted by Gasteiger charge is -2.32. The number of alkyl halides is 3. The second kappa shape index (κ2) is 12.4. The highest BCUT2D eigenvalue weighted by Gasteiger charge is 2.27. The zero-order chi connectivity index (χ0) is 26.3. The highest BCUT2D eigenvalue weighted by Crippen LogP contribution is 2.24. The summed E-state index contributed by atoms with van der Waals surface area (Å²) in [5, 5.41) is 4.22. The normalized spacial score (nSPS) is 15.2. The molecule has 1 aromatic carbocycles. The van der Waals surface area contributed by atoms with E-state index in [2.05, 4.69) is 32.6 Å². The summed E-state index contributed by atoms with van der Waals surface area (Å²) >= 11 is 0. The van der Waals surface area contributed by atoms with E-state index in [9.17, 15) is 18.0 Å². The maximum atomic E-state index is 12.3. The molecule has 0 bridgehead atoms. The summed E-state index contributed by atoms with van der Waals surface area (Å²) in [6, 6.07) is 9.84. The average Bonchev–Trinajstić information content (AvgIpc) is 3.29. The predicted octanol–water partition coefficient (Wildman–Crippen LogP) is 3.34. The number of hydroxylamine groups is 1. The van der Waals surface area contributed by atoms with Crippen LogP contribution in [0.15, 0.2) is 48.8 Å². The van der Waals surface area contributed by atoms with Gasteiger partial charge in [-0.3, -0.25) is 4.40 Å². The fourth-order valence-electron chi connectivity index (χ4n) is 4.10. The molecule has 1 fully saturated rings. The van der Waals surface area contributed by atoms with Crippen LogP contribution < -0.4 is 16.1 Å². The van der Waals surface area contributed by atoms with Crippen molar-refractivity contribution < 1.29 is 22.8 Å². The van der Waals surface area contributed by atoms with Crippen molar-refractivity contribution in [2.45, 2.75) is 19.1 Å². The molecule has 3 heterocycles. The van der Waals surface area contributed by atoms with Gasteiger partial charge in [-0.15, -0.1) is 0 Å². The van der Waals surface area contributed by atoms with Crippen LogP contribution in [0.3, 0.4) is 0 Å². The number of aromatic nitrogens is 2. The number of benzene rings is 1. The van der Waals surface area contributed by atoms with Gasteiger partial charge in [-0.1, -0.05) is 12.1 Å². The summed E-state index contributed by atoms with van der Waals surface area (Å²) in [6.07, 6.45) is 0.112. The molecule has 0 spiro atoms. The van der Waals surface area contributed by atoms with E-state index in [4.69, 9.17) is 4.84 Å². The summed E-state index contributed by atoms with van der Waals surface area (Å²) < 4.78 is 38.8. The third kappa shape index (κ3) is 8.15. The van der Waals surface area contributed by atoms with Crippen LogP contribution in [0.2, 0.25) is 0 Å². The molecular formula is C25H32F3N7O2. The van der Waals surface area contributed by atoms with Crippen LogP contribution in [0.25, 0.3) is 16.9 Å². The molecule has 200 valence electrons. The molecule has 1 saturated heterocycles. The summed E-state index contributed by atoms with van der Waals surface area (Å²) in [5.41, 5.74) is 6.69. The largest absolute Gasteiger partial charge is 0.405 e. The molecule has 12 heteroatoms. The first-order chi connectivity index (χ1) is 17.8. The summed E-state index contributed by atoms with van der Waals surface area (Å²) in [5.74, 6) is 0. The van der Waals surface area contributed by atoms with Gasteiger partial charge in [-0.05, 0) is 43.3 Å². The summed E-state index contributed by atoms with van der Waals surface area (Å²) in [7, 11) is 2.15. The molecule has 2 amide bonds. The number of nitrogens with zero attached hydrogens (tertiary/aromatic N) is 4. The third-order valence-electron chi connectivity index (χ3n) is 6.14. The van der Waals surface area contributed by atoms with Gasteiger partial charge in [0.05, 0.1) is 18.5 Å². The smallest absolute Gasteiger partial charge is 0.329 e. The van der Waals surface area contributed by atoms with Crippen LogP contribution >= 0.6 is 0 Å². The molecule has 1 aliphatic rings. The summed E-state index contributed by atoms with van der Waals surface area (Å²) in [4.78, 5) is 26.7. The number of hydrogen-bond donors (Lipinski definition) is 3. The molecule has 3 N–H and O–H groups in total. The number of urea groups is 1. The van der Waals surface area contributed by atoms with Crippen molar-refractivity contribution in [2.24, 2.45) is 0 Å². The first kappa shape index (κ1) is 26.9. The van der Waals surface area contributed by atoms with Crippen molar-refractivity contribution in [3.63, 3.8) is 0 Å². The van der Waals surface area contributed by atoms with Crippen molar-refractivity contribution in [3.8, 4) is 11.3 Å². The van der Waals surface area contributed by atoms with Crippen LogP contribution in [-0.4, -0.2) is 84.3 Å². The van der Waals surface area contributed by atoms with Gasteiger partial charge in [-0.25, -0.2) is 9.78 Å². The monoisotopic (exact) mass is 519 g/mol. The second-order valence-corrected chi connectivity index (χ2v) is 9.08. The molecule has 9 nitrogen and oxygen atoms in total. The summed E-state index contributed by atoms with van der Waals surface area (Å²) in [6.45, 7) is 5.25. The first-order valence-electron chi connectivity index (χ1n) is 12.2. The van der Waals surface area contributed by atoms with E-state index in [1.54, 1.807) is 29.7 Å². The Morgan fingerprint density at radius 1 is 1.14 bits per heavy atom. The van der Waals surface area contributed by atoms with Gasteiger partial charge in [-0.2, -0.15) is 18.7 Å². The molecule has 3 aromatic rings. The number of hydrogen-bond acceptors (Lipinski definition) is 6. The SMILES string of the molecule is CN1CCN(CCCONCc2ccn3c(-c4cccc(NC(=O)NCC(F)(F)F)c4)cnc3c2)CC1. The quantitative estimate of drug-likeness (QED) is 0.282. The standard InChI is InChI=1S/C25H32F3N7O2/c1-33-9-11-34(12-10-33)7-3-13-37-31-16-19-6-8-35-22(17-29-23(35)14-19)20-4-2-5-21(15-20)32-24(36)30-18-25(26,27)28/h2,4-6,8,14-15,17,31H,3,7,9-13,16,18H2,1H3,(H2,30,32,36). The van der Waals surface area contributed by atoms with E-state index in [1.165, 1.54) is 0 Å². The van der Waals surface area contributed by atoms with Gasteiger partial charge in [0.15, 0.2) is 0 Å². The molecule has 0 aliphatic carbocycles. The fourth-order valence-corrected chi connectivity index (χ4v) is 4.10. The molecule has 2 aromatic heterocycles. The van der Waals surface area contributed by atoms with Crippen molar-refractivity contribution >= 4 is 17.4 Å². The Morgan fingerprint density at radius 2 is 1.95 bits per heavy atom. The Balaban J connectivity index is 1.27. The van der Waals surface area contributed by atoms with Gasteiger partial charge >= 0.3 is 12.2 Å². The van der Waals surface area contributed by atoms with E-state index < -0.39 is 18.8 Å². The zero-order valence-electron chi connectivity index (χ0n) is 20.7. The van der Waals surface area contributed by atoms with Gasteiger partial charge < -0.3 is 25.3 Å². The molecule has 0 radical (unpaired) electrons. The Labute approximate surface area is 213 Å².